The highest BCUT2D eigenvalue weighted by atomic mass is 35.5. The molecule has 3 N–H and O–H groups in total. The Labute approximate surface area is 190 Å². The second-order valence-corrected chi connectivity index (χ2v) is 8.53. The third-order valence-corrected chi connectivity index (χ3v) is 5.99. The lowest BCUT2D eigenvalue weighted by Gasteiger charge is -2.26. The quantitative estimate of drug-likeness (QED) is 0.708. The van der Waals surface area contributed by atoms with Crippen molar-refractivity contribution in [2.24, 2.45) is 5.10 Å². The second-order valence-electron chi connectivity index (χ2n) is 7.25. The summed E-state index contributed by atoms with van der Waals surface area (Å²) in [7, 11) is 0. The van der Waals surface area contributed by atoms with E-state index in [4.69, 9.17) is 34.8 Å². The monoisotopic (exact) mass is 468 g/mol. The zero-order valence-electron chi connectivity index (χ0n) is 16.2. The lowest BCUT2D eigenvalue weighted by atomic mass is 10.0. The van der Waals surface area contributed by atoms with Crippen LogP contribution in [0.4, 0.5) is 5.69 Å². The van der Waals surface area contributed by atoms with E-state index in [0.717, 1.165) is 31.5 Å². The van der Waals surface area contributed by atoms with Gasteiger partial charge in [0.2, 0.25) is 0 Å². The van der Waals surface area contributed by atoms with E-state index in [9.17, 15) is 4.79 Å². The number of carbonyl (C=O) groups is 1. The number of anilines is 1. The summed E-state index contributed by atoms with van der Waals surface area (Å²) in [6.45, 7) is 1.73. The maximum absolute atomic E-state index is 12.9. The van der Waals surface area contributed by atoms with Gasteiger partial charge in [0.25, 0.3) is 5.91 Å². The number of amides is 1. The van der Waals surface area contributed by atoms with Gasteiger partial charge in [0, 0.05) is 29.6 Å². The number of halogens is 3. The number of piperidine rings is 1. The van der Waals surface area contributed by atoms with Crippen molar-refractivity contribution in [1.29, 1.82) is 0 Å². The molecule has 9 heteroatoms. The van der Waals surface area contributed by atoms with Crippen LogP contribution in [-0.4, -0.2) is 35.2 Å². The van der Waals surface area contributed by atoms with Crippen molar-refractivity contribution in [2.45, 2.75) is 31.7 Å². The number of hydrogen-bond donors (Lipinski definition) is 1. The average Bonchev–Trinajstić information content (AvgIpc) is 3.14. The van der Waals surface area contributed by atoms with E-state index in [1.807, 2.05) is 35.3 Å². The van der Waals surface area contributed by atoms with Gasteiger partial charge in [-0.05, 0) is 48.7 Å². The first kappa shape index (κ1) is 22.8. The van der Waals surface area contributed by atoms with Crippen LogP contribution in [0.2, 0.25) is 15.1 Å². The Hall–Kier alpha value is -1.83. The van der Waals surface area contributed by atoms with E-state index >= 15 is 0 Å². The Morgan fingerprint density at radius 2 is 1.63 bits per heavy atom. The molecule has 2 aromatic rings. The number of carbonyl (C=O) groups excluding carboxylic acids is 1. The molecule has 6 nitrogen and oxygen atoms in total. The molecule has 0 aromatic heterocycles. The minimum absolute atomic E-state index is 0. The van der Waals surface area contributed by atoms with E-state index in [2.05, 4.69) is 10.5 Å². The van der Waals surface area contributed by atoms with Gasteiger partial charge in [0.15, 0.2) is 0 Å². The van der Waals surface area contributed by atoms with E-state index < -0.39 is 0 Å². The van der Waals surface area contributed by atoms with Gasteiger partial charge in [-0.25, -0.2) is 5.01 Å². The molecule has 160 valence electrons. The first-order valence-electron chi connectivity index (χ1n) is 9.64. The molecule has 0 spiro atoms. The molecule has 1 saturated heterocycles. The Morgan fingerprint density at radius 3 is 2.30 bits per heavy atom. The topological polar surface area (TPSA) is 79.4 Å². The van der Waals surface area contributed by atoms with Crippen LogP contribution in [-0.2, 0) is 4.79 Å². The maximum atomic E-state index is 12.9. The largest absolute Gasteiger partial charge is 0.412 e. The van der Waals surface area contributed by atoms with Crippen LogP contribution in [0.25, 0.3) is 0 Å². The minimum atomic E-state index is -0.168. The summed E-state index contributed by atoms with van der Waals surface area (Å²) >= 11 is 18.6. The Morgan fingerprint density at radius 1 is 0.967 bits per heavy atom. The molecule has 0 saturated carbocycles. The molecule has 0 radical (unpaired) electrons. The highest BCUT2D eigenvalue weighted by Gasteiger charge is 2.34. The van der Waals surface area contributed by atoms with Crippen molar-refractivity contribution < 1.29 is 10.3 Å². The first-order chi connectivity index (χ1) is 14.0. The maximum Gasteiger partial charge on any atom is 0.281 e. The van der Waals surface area contributed by atoms with Crippen molar-refractivity contribution in [3.05, 3.63) is 63.1 Å². The zero-order valence-corrected chi connectivity index (χ0v) is 18.5. The summed E-state index contributed by atoms with van der Waals surface area (Å²) in [6, 6.07) is 12.7. The minimum Gasteiger partial charge on any atom is -0.412 e. The van der Waals surface area contributed by atoms with Gasteiger partial charge < -0.3 is 5.48 Å². The van der Waals surface area contributed by atoms with Crippen molar-refractivity contribution in [1.82, 2.24) is 10.4 Å². The normalized spacial score (nSPS) is 19.2. The van der Waals surface area contributed by atoms with Crippen LogP contribution >= 0.6 is 34.8 Å². The van der Waals surface area contributed by atoms with Gasteiger partial charge >= 0.3 is 0 Å². The molecule has 0 bridgehead atoms. The molecule has 2 aromatic carbocycles. The number of nitrogens with zero attached hydrogens (tertiary/aromatic N) is 3. The van der Waals surface area contributed by atoms with Gasteiger partial charge in [-0.1, -0.05) is 53.4 Å². The molecule has 0 aliphatic carbocycles. The first-order valence-corrected chi connectivity index (χ1v) is 10.8. The fourth-order valence-corrected chi connectivity index (χ4v) is 4.32. The molecule has 30 heavy (non-hydrogen) atoms. The Bertz CT molecular complexity index is 930. The molecule has 2 aliphatic heterocycles. The number of hydrogen-bond acceptors (Lipinski definition) is 4. The van der Waals surface area contributed by atoms with E-state index in [-0.39, 0.29) is 17.4 Å². The van der Waals surface area contributed by atoms with Crippen LogP contribution in [0.15, 0.2) is 47.6 Å². The summed E-state index contributed by atoms with van der Waals surface area (Å²) in [5.41, 5.74) is 5.18. The van der Waals surface area contributed by atoms with Crippen molar-refractivity contribution in [2.75, 3.05) is 18.1 Å². The van der Waals surface area contributed by atoms with Crippen molar-refractivity contribution in [3.8, 4) is 0 Å². The molecule has 1 atom stereocenters. The summed E-state index contributed by atoms with van der Waals surface area (Å²) in [5.74, 6) is -0.168. The highest BCUT2D eigenvalue weighted by molar-refractivity contribution is 6.40. The van der Waals surface area contributed by atoms with Crippen LogP contribution in [0.3, 0.4) is 0 Å². The van der Waals surface area contributed by atoms with E-state index in [1.165, 1.54) is 6.42 Å². The average molecular weight is 470 g/mol. The van der Waals surface area contributed by atoms with Crippen LogP contribution in [0.5, 0.6) is 0 Å². The van der Waals surface area contributed by atoms with Crippen LogP contribution in [0.1, 0.15) is 37.3 Å². The number of benzene rings is 2. The lowest BCUT2D eigenvalue weighted by Crippen LogP contribution is -2.47. The number of nitrogens with one attached hydrogen (secondary N) is 1. The molecular weight excluding hydrogens is 447 g/mol. The summed E-state index contributed by atoms with van der Waals surface area (Å²) in [4.78, 5) is 12.9. The predicted molar refractivity (Wildman–Crippen MR) is 122 cm³/mol. The summed E-state index contributed by atoms with van der Waals surface area (Å²) in [5, 5.41) is 10.1. The second kappa shape index (κ2) is 9.98. The molecule has 1 unspecified atom stereocenters. The predicted octanol–water partition coefficient (Wildman–Crippen LogP) is 4.65. The van der Waals surface area contributed by atoms with Crippen LogP contribution < -0.4 is 10.4 Å². The summed E-state index contributed by atoms with van der Waals surface area (Å²) in [6.07, 6.45) is 3.86. The van der Waals surface area contributed by atoms with Gasteiger partial charge in [0.05, 0.1) is 16.8 Å². The van der Waals surface area contributed by atoms with Gasteiger partial charge in [-0.2, -0.15) is 5.10 Å². The standard InChI is InChI=1S/C21H21Cl3N4O.H2O/c22-15-6-4-14(5-7-15)20-13-18(21(29)26-27-10-2-1-3-11-27)25-28(20)19-9-8-16(23)12-17(19)24;/h4-9,12,20H,1-3,10-11,13H2,(H,26,29);1H2. The molecule has 2 heterocycles. The molecule has 4 rings (SSSR count). The van der Waals surface area contributed by atoms with Crippen molar-refractivity contribution >= 4 is 52.1 Å². The number of hydrazone groups is 1. The Balaban J connectivity index is 0.00000256. The highest BCUT2D eigenvalue weighted by Crippen LogP contribution is 2.39. The lowest BCUT2D eigenvalue weighted by molar-refractivity contribution is -0.119. The van der Waals surface area contributed by atoms with Crippen molar-refractivity contribution in [3.63, 3.8) is 0 Å². The molecular formula is C21H23Cl3N4O2. The smallest absolute Gasteiger partial charge is 0.281 e. The third kappa shape index (κ3) is 5.07. The van der Waals surface area contributed by atoms with E-state index in [0.29, 0.717) is 32.9 Å². The SMILES string of the molecule is O.O=C(NN1CCCCC1)C1=NN(c2ccc(Cl)cc2Cl)C(c2ccc(Cl)cc2)C1. The van der Waals surface area contributed by atoms with Gasteiger partial charge in [0.1, 0.15) is 5.71 Å². The molecule has 1 amide bonds. The van der Waals surface area contributed by atoms with Gasteiger partial charge in [-0.3, -0.25) is 15.2 Å². The Kier molecular flexibility index (Phi) is 7.60. The zero-order chi connectivity index (χ0) is 20.4. The van der Waals surface area contributed by atoms with Crippen LogP contribution in [0, 0.1) is 0 Å². The fourth-order valence-electron chi connectivity index (χ4n) is 3.69. The molecule has 2 aliphatic rings. The van der Waals surface area contributed by atoms with Gasteiger partial charge in [-0.15, -0.1) is 0 Å². The van der Waals surface area contributed by atoms with E-state index in [1.54, 1.807) is 17.1 Å². The number of hydrazine groups is 1. The molecule has 1 fully saturated rings. The number of rotatable bonds is 4. The fraction of sp³-hybridized carbons (Fsp3) is 0.333. The third-order valence-electron chi connectivity index (χ3n) is 5.20. The summed E-state index contributed by atoms with van der Waals surface area (Å²) < 4.78 is 0.